The minimum absolute atomic E-state index is 0.0322. The van der Waals surface area contributed by atoms with Crippen LogP contribution in [-0.2, 0) is 6.18 Å². The van der Waals surface area contributed by atoms with Crippen molar-refractivity contribution in [2.24, 2.45) is 0 Å². The Morgan fingerprint density at radius 2 is 1.82 bits per heavy atom. The van der Waals surface area contributed by atoms with E-state index in [0.717, 1.165) is 6.07 Å². The van der Waals surface area contributed by atoms with E-state index in [0.29, 0.717) is 10.1 Å². The molecule has 0 saturated carbocycles. The van der Waals surface area contributed by atoms with Gasteiger partial charge in [0.15, 0.2) is 5.69 Å². The topological polar surface area (TPSA) is 80.4 Å². The van der Waals surface area contributed by atoms with Crippen molar-refractivity contribution >= 4 is 11.7 Å². The van der Waals surface area contributed by atoms with Gasteiger partial charge in [-0.05, 0) is 6.07 Å². The lowest BCUT2D eigenvalue weighted by molar-refractivity contribution is -0.142. The number of nitrogens with zero attached hydrogens (tertiary/aromatic N) is 4. The molecule has 1 N–H and O–H groups in total. The lowest BCUT2D eigenvalue weighted by Crippen LogP contribution is -2.14. The predicted octanol–water partition coefficient (Wildman–Crippen LogP) is 2.51. The summed E-state index contributed by atoms with van der Waals surface area (Å²) in [6.45, 7) is 0. The maximum absolute atomic E-state index is 13.2. The number of carboxylic acid groups (broad SMARTS) is 1. The number of aromatic carboxylic acids is 1. The zero-order valence-electron chi connectivity index (χ0n) is 10.7. The van der Waals surface area contributed by atoms with E-state index in [-0.39, 0.29) is 5.69 Å². The summed E-state index contributed by atoms with van der Waals surface area (Å²) in [4.78, 5) is 18.3. The van der Waals surface area contributed by atoms with E-state index in [4.69, 9.17) is 5.11 Å². The standard InChI is InChI=1S/C13H7F3N4O2/c14-13(15,16)9-6-8(7-4-2-1-3-5-7)17-12-18-10(11(21)22)19-20(9)12/h1-6H,(H,21,22). The molecule has 0 aliphatic carbocycles. The van der Waals surface area contributed by atoms with Crippen molar-refractivity contribution in [2.75, 3.05) is 0 Å². The molecule has 0 aliphatic rings. The molecule has 22 heavy (non-hydrogen) atoms. The second kappa shape index (κ2) is 4.79. The summed E-state index contributed by atoms with van der Waals surface area (Å²) in [5.74, 6) is -2.70. The van der Waals surface area contributed by atoms with Crippen LogP contribution in [0.1, 0.15) is 16.3 Å². The largest absolute Gasteiger partial charge is 0.475 e. The van der Waals surface area contributed by atoms with Crippen LogP contribution >= 0.6 is 0 Å². The number of hydrogen-bond donors (Lipinski definition) is 1. The number of halogens is 3. The number of aromatic nitrogens is 4. The number of hydrogen-bond acceptors (Lipinski definition) is 4. The van der Waals surface area contributed by atoms with Gasteiger partial charge in [-0.3, -0.25) is 0 Å². The molecule has 0 amide bonds. The third kappa shape index (κ3) is 2.36. The Kier molecular flexibility index (Phi) is 3.05. The molecule has 0 atom stereocenters. The van der Waals surface area contributed by atoms with Gasteiger partial charge in [0.05, 0.1) is 5.69 Å². The first-order chi connectivity index (χ1) is 10.4. The smallest absolute Gasteiger partial charge is 0.433 e. The van der Waals surface area contributed by atoms with Crippen molar-refractivity contribution in [2.45, 2.75) is 6.18 Å². The molecule has 112 valence electrons. The highest BCUT2D eigenvalue weighted by atomic mass is 19.4. The second-order valence-corrected chi connectivity index (χ2v) is 4.34. The Hall–Kier alpha value is -2.97. The molecular weight excluding hydrogens is 301 g/mol. The number of carbonyl (C=O) groups is 1. The Morgan fingerprint density at radius 3 is 2.41 bits per heavy atom. The highest BCUT2D eigenvalue weighted by Gasteiger charge is 2.36. The SMILES string of the molecule is O=C(O)c1nc2nc(-c3ccccc3)cc(C(F)(F)F)n2n1. The Balaban J connectivity index is 2.31. The molecule has 6 nitrogen and oxygen atoms in total. The van der Waals surface area contributed by atoms with E-state index in [1.807, 2.05) is 0 Å². The average molecular weight is 308 g/mol. The van der Waals surface area contributed by atoms with E-state index in [9.17, 15) is 18.0 Å². The summed E-state index contributed by atoms with van der Waals surface area (Å²) in [6.07, 6.45) is -4.73. The maximum atomic E-state index is 13.2. The van der Waals surface area contributed by atoms with Gasteiger partial charge in [-0.15, -0.1) is 5.10 Å². The molecule has 0 unspecified atom stereocenters. The first-order valence-electron chi connectivity index (χ1n) is 6.00. The van der Waals surface area contributed by atoms with E-state index in [1.165, 1.54) is 0 Å². The fraction of sp³-hybridized carbons (Fsp3) is 0.0769. The number of alkyl halides is 3. The second-order valence-electron chi connectivity index (χ2n) is 4.34. The van der Waals surface area contributed by atoms with Gasteiger partial charge in [0.2, 0.25) is 0 Å². The van der Waals surface area contributed by atoms with Crippen molar-refractivity contribution < 1.29 is 23.1 Å². The first-order valence-corrected chi connectivity index (χ1v) is 6.00. The molecule has 0 radical (unpaired) electrons. The zero-order valence-corrected chi connectivity index (χ0v) is 10.7. The monoisotopic (exact) mass is 308 g/mol. The molecule has 3 aromatic rings. The summed E-state index contributed by atoms with van der Waals surface area (Å²) in [6, 6.07) is 9.01. The summed E-state index contributed by atoms with van der Waals surface area (Å²) in [5, 5.41) is 12.2. The molecule has 1 aromatic carbocycles. The van der Waals surface area contributed by atoms with E-state index in [2.05, 4.69) is 15.1 Å². The van der Waals surface area contributed by atoms with Crippen LogP contribution < -0.4 is 0 Å². The summed E-state index contributed by atoms with van der Waals surface area (Å²) >= 11 is 0. The van der Waals surface area contributed by atoms with Gasteiger partial charge in [-0.2, -0.15) is 22.7 Å². The number of carboxylic acids is 1. The lowest BCUT2D eigenvalue weighted by atomic mass is 10.1. The summed E-state index contributed by atoms with van der Waals surface area (Å²) in [7, 11) is 0. The van der Waals surface area contributed by atoms with Gasteiger partial charge in [-0.1, -0.05) is 30.3 Å². The van der Waals surface area contributed by atoms with Crippen LogP contribution in [0.25, 0.3) is 17.0 Å². The summed E-state index contributed by atoms with van der Waals surface area (Å²) in [5.41, 5.74) is -0.656. The molecule has 2 aromatic heterocycles. The molecule has 0 fully saturated rings. The molecule has 3 rings (SSSR count). The molecular formula is C13H7F3N4O2. The van der Waals surface area contributed by atoms with E-state index < -0.39 is 29.4 Å². The predicted molar refractivity (Wildman–Crippen MR) is 68.2 cm³/mol. The van der Waals surface area contributed by atoms with Crippen molar-refractivity contribution in [3.05, 3.63) is 47.9 Å². The Bertz CT molecular complexity index is 859. The highest BCUT2D eigenvalue weighted by molar-refractivity contribution is 5.83. The first kappa shape index (κ1) is 14.0. The molecule has 0 aliphatic heterocycles. The molecule has 0 spiro atoms. The van der Waals surface area contributed by atoms with Crippen LogP contribution in [-0.4, -0.2) is 30.7 Å². The van der Waals surface area contributed by atoms with Crippen LogP contribution in [0.5, 0.6) is 0 Å². The van der Waals surface area contributed by atoms with Crippen LogP contribution in [0.2, 0.25) is 0 Å². The maximum Gasteiger partial charge on any atom is 0.433 e. The zero-order chi connectivity index (χ0) is 15.9. The fourth-order valence-electron chi connectivity index (χ4n) is 1.92. The molecule has 9 heteroatoms. The third-order valence-electron chi connectivity index (χ3n) is 2.86. The van der Waals surface area contributed by atoms with Crippen LogP contribution in [0.3, 0.4) is 0 Å². The van der Waals surface area contributed by atoms with Gasteiger partial charge in [-0.25, -0.2) is 9.78 Å². The van der Waals surface area contributed by atoms with Crippen molar-refractivity contribution in [3.63, 3.8) is 0 Å². The van der Waals surface area contributed by atoms with Crippen LogP contribution in [0.4, 0.5) is 13.2 Å². The normalized spacial score (nSPS) is 11.8. The fourth-order valence-corrected chi connectivity index (χ4v) is 1.92. The van der Waals surface area contributed by atoms with Gasteiger partial charge in [0.25, 0.3) is 11.6 Å². The third-order valence-corrected chi connectivity index (χ3v) is 2.86. The lowest BCUT2D eigenvalue weighted by Gasteiger charge is -2.10. The van der Waals surface area contributed by atoms with Crippen LogP contribution in [0.15, 0.2) is 36.4 Å². The molecule has 0 saturated heterocycles. The molecule has 0 bridgehead atoms. The Morgan fingerprint density at radius 1 is 1.14 bits per heavy atom. The van der Waals surface area contributed by atoms with Gasteiger partial charge in [0, 0.05) is 5.56 Å². The van der Waals surface area contributed by atoms with Crippen molar-refractivity contribution in [1.82, 2.24) is 19.6 Å². The minimum Gasteiger partial charge on any atom is -0.475 e. The van der Waals surface area contributed by atoms with Gasteiger partial charge < -0.3 is 5.11 Å². The Labute approximate surface area is 120 Å². The number of benzene rings is 1. The summed E-state index contributed by atoms with van der Waals surface area (Å²) < 4.78 is 39.9. The highest BCUT2D eigenvalue weighted by Crippen LogP contribution is 2.31. The van der Waals surface area contributed by atoms with Crippen molar-refractivity contribution in [1.29, 1.82) is 0 Å². The van der Waals surface area contributed by atoms with Crippen LogP contribution in [0, 0.1) is 0 Å². The van der Waals surface area contributed by atoms with Gasteiger partial charge in [0.1, 0.15) is 0 Å². The molecule has 2 heterocycles. The number of fused-ring (bicyclic) bond motifs is 1. The average Bonchev–Trinajstić information content (AvgIpc) is 2.90. The van der Waals surface area contributed by atoms with E-state index in [1.54, 1.807) is 30.3 Å². The minimum atomic E-state index is -4.73. The number of rotatable bonds is 2. The van der Waals surface area contributed by atoms with Crippen molar-refractivity contribution in [3.8, 4) is 11.3 Å². The quantitative estimate of drug-likeness (QED) is 0.786. The van der Waals surface area contributed by atoms with Gasteiger partial charge >= 0.3 is 12.1 Å². The van der Waals surface area contributed by atoms with E-state index >= 15 is 0 Å².